The van der Waals surface area contributed by atoms with Crippen LogP contribution in [0.3, 0.4) is 0 Å². The Bertz CT molecular complexity index is 1070. The molecule has 0 radical (unpaired) electrons. The third kappa shape index (κ3) is 6.98. The highest BCUT2D eigenvalue weighted by Crippen LogP contribution is 2.21. The zero-order valence-corrected chi connectivity index (χ0v) is 19.0. The van der Waals surface area contributed by atoms with Gasteiger partial charge in [-0.05, 0) is 55.8 Å². The number of hydrogen-bond donors (Lipinski definition) is 0. The predicted molar refractivity (Wildman–Crippen MR) is 127 cm³/mol. The number of carbonyl (C=O) groups excluding carboxylic acids is 1. The molecular formula is C27H32O5. The highest BCUT2D eigenvalue weighted by Gasteiger charge is 2.11. The largest absolute Gasteiger partial charge is 0.494 e. The molecule has 0 bridgehead atoms. The molecule has 0 aliphatic heterocycles. The van der Waals surface area contributed by atoms with E-state index in [1.807, 2.05) is 0 Å². The Balaban J connectivity index is 1.45. The van der Waals surface area contributed by atoms with E-state index in [0.29, 0.717) is 34.6 Å². The normalized spacial score (nSPS) is 10.9. The number of benzene rings is 2. The molecule has 3 aromatic rings. The fraction of sp³-hybridized carbons (Fsp3) is 0.407. The summed E-state index contributed by atoms with van der Waals surface area (Å²) in [5.41, 5.74) is 0.716. The van der Waals surface area contributed by atoms with Crippen molar-refractivity contribution in [1.82, 2.24) is 0 Å². The molecule has 2 aromatic carbocycles. The van der Waals surface area contributed by atoms with Crippen LogP contribution in [-0.4, -0.2) is 12.6 Å². The second kappa shape index (κ2) is 12.1. The van der Waals surface area contributed by atoms with Crippen LogP contribution in [0.15, 0.2) is 57.7 Å². The van der Waals surface area contributed by atoms with Crippen molar-refractivity contribution in [3.63, 3.8) is 0 Å². The third-order valence-electron chi connectivity index (χ3n) is 5.39. The fourth-order valence-corrected chi connectivity index (χ4v) is 3.60. The number of carbonyl (C=O) groups is 1. The maximum absolute atomic E-state index is 12.5. The van der Waals surface area contributed by atoms with Gasteiger partial charge >= 0.3 is 5.97 Å². The topological polar surface area (TPSA) is 65.7 Å². The first-order valence-corrected chi connectivity index (χ1v) is 11.6. The smallest absolute Gasteiger partial charge is 0.343 e. The molecule has 0 aliphatic rings. The molecule has 32 heavy (non-hydrogen) atoms. The van der Waals surface area contributed by atoms with Crippen molar-refractivity contribution < 1.29 is 18.7 Å². The van der Waals surface area contributed by atoms with Crippen LogP contribution in [0.4, 0.5) is 0 Å². The number of rotatable bonds is 12. The number of fused-ring (bicyclic) bond motifs is 1. The minimum atomic E-state index is -0.490. The molecule has 5 nitrogen and oxygen atoms in total. The van der Waals surface area contributed by atoms with E-state index < -0.39 is 5.97 Å². The molecule has 0 unspecified atom stereocenters. The van der Waals surface area contributed by atoms with Gasteiger partial charge in [0.25, 0.3) is 0 Å². The van der Waals surface area contributed by atoms with Gasteiger partial charge in [-0.1, -0.05) is 51.9 Å². The average molecular weight is 437 g/mol. The summed E-state index contributed by atoms with van der Waals surface area (Å²) in [5.74, 6) is 1.09. The Kier molecular flexibility index (Phi) is 8.90. The molecule has 1 aromatic heterocycles. The summed E-state index contributed by atoms with van der Waals surface area (Å²) in [5, 5.41) is 0.380. The fourth-order valence-electron chi connectivity index (χ4n) is 3.60. The Labute approximate surface area is 189 Å². The number of unbranched alkanes of at least 4 members (excludes halogenated alkanes) is 7. The second-order valence-electron chi connectivity index (χ2n) is 8.12. The summed E-state index contributed by atoms with van der Waals surface area (Å²) in [6.45, 7) is 4.63. The van der Waals surface area contributed by atoms with Crippen molar-refractivity contribution in [2.75, 3.05) is 6.61 Å². The summed E-state index contributed by atoms with van der Waals surface area (Å²) < 4.78 is 16.7. The van der Waals surface area contributed by atoms with Gasteiger partial charge in [-0.3, -0.25) is 4.79 Å². The van der Waals surface area contributed by atoms with E-state index in [4.69, 9.17) is 13.9 Å². The summed E-state index contributed by atoms with van der Waals surface area (Å²) in [6, 6.07) is 13.1. The van der Waals surface area contributed by atoms with Crippen LogP contribution >= 0.6 is 0 Å². The summed E-state index contributed by atoms with van der Waals surface area (Å²) in [6.07, 6.45) is 10.1. The standard InChI is InChI=1S/C27H32O5/c1-3-4-5-6-7-8-9-10-17-30-22-13-11-21(12-14-22)27(29)32-23-15-16-26-24(19-23)25(28)18-20(2)31-26/h11-16,18-19H,3-10,17H2,1-2H3. The van der Waals surface area contributed by atoms with E-state index in [9.17, 15) is 9.59 Å². The lowest BCUT2D eigenvalue weighted by molar-refractivity contribution is 0.0735. The van der Waals surface area contributed by atoms with Gasteiger partial charge in [0.05, 0.1) is 17.6 Å². The van der Waals surface area contributed by atoms with Gasteiger partial charge in [-0.25, -0.2) is 4.79 Å². The Morgan fingerprint density at radius 1 is 0.844 bits per heavy atom. The van der Waals surface area contributed by atoms with E-state index >= 15 is 0 Å². The maximum Gasteiger partial charge on any atom is 0.343 e. The van der Waals surface area contributed by atoms with Crippen LogP contribution in [0, 0.1) is 6.92 Å². The quantitative estimate of drug-likeness (QED) is 0.177. The maximum atomic E-state index is 12.5. The molecule has 0 saturated heterocycles. The predicted octanol–water partition coefficient (Wildman–Crippen LogP) is 6.84. The van der Waals surface area contributed by atoms with E-state index in [0.717, 1.165) is 12.2 Å². The molecule has 3 rings (SSSR count). The van der Waals surface area contributed by atoms with E-state index in [-0.39, 0.29) is 5.43 Å². The Morgan fingerprint density at radius 3 is 2.22 bits per heavy atom. The highest BCUT2D eigenvalue weighted by atomic mass is 16.5. The van der Waals surface area contributed by atoms with E-state index in [1.165, 1.54) is 57.1 Å². The van der Waals surface area contributed by atoms with E-state index in [2.05, 4.69) is 6.92 Å². The first kappa shape index (κ1) is 23.6. The lowest BCUT2D eigenvalue weighted by atomic mass is 10.1. The Hall–Kier alpha value is -3.08. The van der Waals surface area contributed by atoms with Crippen molar-refractivity contribution >= 4 is 16.9 Å². The summed E-state index contributed by atoms with van der Waals surface area (Å²) in [7, 11) is 0. The van der Waals surface area contributed by atoms with E-state index in [1.54, 1.807) is 43.3 Å². The molecule has 1 heterocycles. The highest BCUT2D eigenvalue weighted by molar-refractivity contribution is 5.91. The third-order valence-corrected chi connectivity index (χ3v) is 5.39. The van der Waals surface area contributed by atoms with Crippen LogP contribution in [0.1, 0.15) is 74.4 Å². The van der Waals surface area contributed by atoms with Crippen molar-refractivity contribution in [3.05, 3.63) is 70.1 Å². The van der Waals surface area contributed by atoms with Crippen molar-refractivity contribution in [1.29, 1.82) is 0 Å². The van der Waals surface area contributed by atoms with Gasteiger partial charge in [0.15, 0.2) is 5.43 Å². The number of aryl methyl sites for hydroxylation is 1. The zero-order chi connectivity index (χ0) is 22.8. The summed E-state index contributed by atoms with van der Waals surface area (Å²) in [4.78, 5) is 24.6. The number of hydrogen-bond acceptors (Lipinski definition) is 5. The van der Waals surface area contributed by atoms with Crippen LogP contribution < -0.4 is 14.9 Å². The minimum absolute atomic E-state index is 0.167. The lowest BCUT2D eigenvalue weighted by Gasteiger charge is -2.08. The molecular weight excluding hydrogens is 404 g/mol. The van der Waals surface area contributed by atoms with Gasteiger partial charge in [-0.2, -0.15) is 0 Å². The average Bonchev–Trinajstić information content (AvgIpc) is 2.78. The van der Waals surface area contributed by atoms with Crippen LogP contribution in [-0.2, 0) is 0 Å². The van der Waals surface area contributed by atoms with Gasteiger partial charge in [0.1, 0.15) is 22.8 Å². The van der Waals surface area contributed by atoms with Crippen LogP contribution in [0.5, 0.6) is 11.5 Å². The lowest BCUT2D eigenvalue weighted by Crippen LogP contribution is -2.09. The number of esters is 1. The van der Waals surface area contributed by atoms with Gasteiger partial charge < -0.3 is 13.9 Å². The van der Waals surface area contributed by atoms with Crippen LogP contribution in [0.2, 0.25) is 0 Å². The van der Waals surface area contributed by atoms with Crippen molar-refractivity contribution in [2.24, 2.45) is 0 Å². The van der Waals surface area contributed by atoms with Gasteiger partial charge in [0.2, 0.25) is 0 Å². The van der Waals surface area contributed by atoms with Gasteiger partial charge in [-0.15, -0.1) is 0 Å². The molecule has 0 atom stereocenters. The molecule has 0 amide bonds. The molecule has 0 spiro atoms. The van der Waals surface area contributed by atoms with Crippen molar-refractivity contribution in [3.8, 4) is 11.5 Å². The van der Waals surface area contributed by atoms with Gasteiger partial charge in [0, 0.05) is 6.07 Å². The molecule has 0 aliphatic carbocycles. The SMILES string of the molecule is CCCCCCCCCCOc1ccc(C(=O)Oc2ccc3oc(C)cc(=O)c3c2)cc1. The second-order valence-corrected chi connectivity index (χ2v) is 8.12. The molecule has 0 fully saturated rings. The van der Waals surface area contributed by atoms with Crippen LogP contribution in [0.25, 0.3) is 11.0 Å². The molecule has 0 N–H and O–H groups in total. The first-order chi connectivity index (χ1) is 15.6. The monoisotopic (exact) mass is 436 g/mol. The number of ether oxygens (including phenoxy) is 2. The first-order valence-electron chi connectivity index (χ1n) is 11.6. The summed E-state index contributed by atoms with van der Waals surface area (Å²) >= 11 is 0. The van der Waals surface area contributed by atoms with Crippen molar-refractivity contribution in [2.45, 2.75) is 65.2 Å². The minimum Gasteiger partial charge on any atom is -0.494 e. The molecule has 5 heteroatoms. The Morgan fingerprint density at radius 2 is 1.50 bits per heavy atom. The molecule has 170 valence electrons. The molecule has 0 saturated carbocycles. The zero-order valence-electron chi connectivity index (χ0n) is 19.0.